The van der Waals surface area contributed by atoms with E-state index in [4.69, 9.17) is 5.26 Å². The van der Waals surface area contributed by atoms with Crippen molar-refractivity contribution in [3.05, 3.63) is 0 Å². The molecule has 2 amide bonds. The summed E-state index contributed by atoms with van der Waals surface area (Å²) in [5.41, 5.74) is 0. The molecule has 18 heavy (non-hydrogen) atoms. The van der Waals surface area contributed by atoms with Gasteiger partial charge < -0.3 is 10.6 Å². The van der Waals surface area contributed by atoms with E-state index in [1.807, 2.05) is 6.92 Å². The van der Waals surface area contributed by atoms with Crippen LogP contribution in [0.5, 0.6) is 0 Å². The Kier molecular flexibility index (Phi) is 3.85. The highest BCUT2D eigenvalue weighted by Crippen LogP contribution is 2.49. The van der Waals surface area contributed by atoms with E-state index in [1.165, 1.54) is 25.7 Å². The van der Waals surface area contributed by atoms with Crippen LogP contribution in [0.4, 0.5) is 0 Å². The van der Waals surface area contributed by atoms with Crippen LogP contribution in [0, 0.1) is 29.1 Å². The fourth-order valence-corrected chi connectivity index (χ4v) is 3.49. The summed E-state index contributed by atoms with van der Waals surface area (Å²) in [6.07, 6.45) is 5.04. The second-order valence-corrected chi connectivity index (χ2v) is 5.44. The average Bonchev–Trinajstić information content (AvgIpc) is 2.97. The molecule has 0 aromatic carbocycles. The van der Waals surface area contributed by atoms with Crippen LogP contribution in [-0.4, -0.2) is 24.4 Å². The maximum absolute atomic E-state index is 11.6. The summed E-state index contributed by atoms with van der Waals surface area (Å²) < 4.78 is 0. The minimum Gasteiger partial charge on any atom is -0.345 e. The Labute approximate surface area is 107 Å². The molecule has 4 unspecified atom stereocenters. The summed E-state index contributed by atoms with van der Waals surface area (Å²) in [6, 6.07) is 1.81. The molecule has 5 heteroatoms. The Balaban J connectivity index is 1.80. The number of rotatable bonds is 3. The van der Waals surface area contributed by atoms with Crippen molar-refractivity contribution >= 4 is 11.8 Å². The first kappa shape index (κ1) is 12.9. The Morgan fingerprint density at radius 1 is 1.33 bits per heavy atom. The topological polar surface area (TPSA) is 82.0 Å². The number of hydrogen-bond acceptors (Lipinski definition) is 3. The number of carbonyl (C=O) groups excluding carboxylic acids is 2. The molecule has 0 saturated heterocycles. The Hall–Kier alpha value is -1.57. The summed E-state index contributed by atoms with van der Waals surface area (Å²) in [7, 11) is 0. The lowest BCUT2D eigenvalue weighted by atomic mass is 9.84. The zero-order valence-electron chi connectivity index (χ0n) is 10.6. The summed E-state index contributed by atoms with van der Waals surface area (Å²) >= 11 is 0. The van der Waals surface area contributed by atoms with Crippen LogP contribution in [0.15, 0.2) is 0 Å². The van der Waals surface area contributed by atoms with Gasteiger partial charge in [-0.3, -0.25) is 9.59 Å². The predicted molar refractivity (Wildman–Crippen MR) is 65.2 cm³/mol. The second-order valence-electron chi connectivity index (χ2n) is 5.44. The van der Waals surface area contributed by atoms with Gasteiger partial charge in [-0.1, -0.05) is 6.42 Å². The van der Waals surface area contributed by atoms with Gasteiger partial charge in [0.05, 0.1) is 6.07 Å². The fourth-order valence-electron chi connectivity index (χ4n) is 3.49. The van der Waals surface area contributed by atoms with Crippen molar-refractivity contribution in [1.29, 1.82) is 5.26 Å². The van der Waals surface area contributed by atoms with Crippen molar-refractivity contribution in [2.24, 2.45) is 17.8 Å². The maximum atomic E-state index is 11.6. The minimum atomic E-state index is -0.716. The van der Waals surface area contributed by atoms with Gasteiger partial charge in [-0.2, -0.15) is 5.26 Å². The first-order chi connectivity index (χ1) is 8.61. The molecule has 5 nitrogen and oxygen atoms in total. The quantitative estimate of drug-likeness (QED) is 0.566. The third-order valence-corrected chi connectivity index (χ3v) is 4.33. The molecule has 2 N–H and O–H groups in total. The molecule has 2 aliphatic carbocycles. The second kappa shape index (κ2) is 5.38. The van der Waals surface area contributed by atoms with Gasteiger partial charge in [0.2, 0.25) is 0 Å². The van der Waals surface area contributed by atoms with Crippen LogP contribution >= 0.6 is 0 Å². The molecule has 98 valence electrons. The first-order valence-electron chi connectivity index (χ1n) is 6.57. The molecule has 2 bridgehead atoms. The normalized spacial score (nSPS) is 30.6. The summed E-state index contributed by atoms with van der Waals surface area (Å²) in [4.78, 5) is 22.9. The van der Waals surface area contributed by atoms with Crippen LogP contribution in [0.3, 0.4) is 0 Å². The van der Waals surface area contributed by atoms with Crippen molar-refractivity contribution in [3.8, 4) is 6.07 Å². The van der Waals surface area contributed by atoms with Crippen LogP contribution in [0.2, 0.25) is 0 Å². The third kappa shape index (κ3) is 2.63. The van der Waals surface area contributed by atoms with E-state index in [1.54, 1.807) is 6.07 Å². The van der Waals surface area contributed by atoms with E-state index in [0.717, 1.165) is 5.92 Å². The number of nitriles is 1. The number of amides is 2. The van der Waals surface area contributed by atoms with Gasteiger partial charge >= 0.3 is 11.8 Å². The highest BCUT2D eigenvalue weighted by Gasteiger charge is 2.42. The first-order valence-corrected chi connectivity index (χ1v) is 6.57. The van der Waals surface area contributed by atoms with E-state index >= 15 is 0 Å². The Bertz CT molecular complexity index is 388. The molecule has 4 atom stereocenters. The minimum absolute atomic E-state index is 0.0423. The molecule has 0 spiro atoms. The molecule has 2 fully saturated rings. The van der Waals surface area contributed by atoms with Crippen LogP contribution < -0.4 is 10.6 Å². The van der Waals surface area contributed by atoms with Gasteiger partial charge in [-0.25, -0.2) is 0 Å². The van der Waals surface area contributed by atoms with Crippen molar-refractivity contribution < 1.29 is 9.59 Å². The molecule has 0 aromatic heterocycles. The summed E-state index contributed by atoms with van der Waals surface area (Å²) in [5.74, 6) is 0.711. The number of nitrogens with zero attached hydrogens (tertiary/aromatic N) is 1. The number of fused-ring (bicyclic) bond motifs is 2. The monoisotopic (exact) mass is 249 g/mol. The van der Waals surface area contributed by atoms with Gasteiger partial charge in [0, 0.05) is 6.04 Å². The van der Waals surface area contributed by atoms with E-state index in [9.17, 15) is 9.59 Å². The molecule has 2 saturated carbocycles. The number of nitrogens with one attached hydrogen (secondary N) is 2. The number of carbonyl (C=O) groups is 2. The van der Waals surface area contributed by atoms with Crippen molar-refractivity contribution in [2.75, 3.05) is 6.54 Å². The van der Waals surface area contributed by atoms with Gasteiger partial charge in [0.15, 0.2) is 0 Å². The molecule has 2 aliphatic rings. The maximum Gasteiger partial charge on any atom is 0.310 e. The smallest absolute Gasteiger partial charge is 0.310 e. The lowest BCUT2D eigenvalue weighted by molar-refractivity contribution is -0.139. The lowest BCUT2D eigenvalue weighted by Gasteiger charge is -2.28. The predicted octanol–water partition coefficient (Wildman–Crippen LogP) is 0.567. The van der Waals surface area contributed by atoms with E-state index in [-0.39, 0.29) is 12.6 Å². The molecular formula is C13H19N3O2. The largest absolute Gasteiger partial charge is 0.345 e. The van der Waals surface area contributed by atoms with Crippen LogP contribution in [0.1, 0.15) is 32.6 Å². The van der Waals surface area contributed by atoms with E-state index < -0.39 is 11.8 Å². The van der Waals surface area contributed by atoms with Gasteiger partial charge in [0.1, 0.15) is 6.54 Å². The van der Waals surface area contributed by atoms with Crippen molar-refractivity contribution in [3.63, 3.8) is 0 Å². The highest BCUT2D eigenvalue weighted by atomic mass is 16.2. The van der Waals surface area contributed by atoms with Gasteiger partial charge in [0.25, 0.3) is 0 Å². The average molecular weight is 249 g/mol. The molecule has 2 rings (SSSR count). The van der Waals surface area contributed by atoms with Gasteiger partial charge in [-0.15, -0.1) is 0 Å². The SMILES string of the molecule is CC(NC(=O)C(=O)NCC#N)C1CC2CCC1C2. The molecule has 0 heterocycles. The molecule has 0 radical (unpaired) electrons. The Morgan fingerprint density at radius 2 is 2.11 bits per heavy atom. The molecule has 0 aliphatic heterocycles. The summed E-state index contributed by atoms with van der Waals surface area (Å²) in [5, 5.41) is 13.3. The molecule has 0 aromatic rings. The van der Waals surface area contributed by atoms with Crippen LogP contribution in [0.25, 0.3) is 0 Å². The van der Waals surface area contributed by atoms with E-state index in [2.05, 4.69) is 10.6 Å². The fraction of sp³-hybridized carbons (Fsp3) is 0.769. The van der Waals surface area contributed by atoms with Crippen molar-refractivity contribution in [1.82, 2.24) is 10.6 Å². The highest BCUT2D eigenvalue weighted by molar-refractivity contribution is 6.35. The third-order valence-electron chi connectivity index (χ3n) is 4.33. The number of hydrogen-bond donors (Lipinski definition) is 2. The summed E-state index contributed by atoms with van der Waals surface area (Å²) in [6.45, 7) is 1.84. The van der Waals surface area contributed by atoms with Crippen molar-refractivity contribution in [2.45, 2.75) is 38.6 Å². The lowest BCUT2D eigenvalue weighted by Crippen LogP contribution is -2.47. The Morgan fingerprint density at radius 3 is 2.67 bits per heavy atom. The zero-order chi connectivity index (χ0) is 13.1. The van der Waals surface area contributed by atoms with Gasteiger partial charge in [-0.05, 0) is 43.9 Å². The molecular weight excluding hydrogens is 230 g/mol. The standard InChI is InChI=1S/C13H19N3O2/c1-8(11-7-9-2-3-10(11)6-9)16-13(18)12(17)15-5-4-14/h8-11H,2-3,5-7H2,1H3,(H,15,17)(H,16,18). The van der Waals surface area contributed by atoms with Crippen LogP contribution in [-0.2, 0) is 9.59 Å². The zero-order valence-corrected chi connectivity index (χ0v) is 10.6. The van der Waals surface area contributed by atoms with E-state index in [0.29, 0.717) is 11.8 Å².